The molecule has 162 valence electrons. The molecule has 1 aromatic heterocycles. The lowest BCUT2D eigenvalue weighted by Gasteiger charge is -2.20. The Kier molecular flexibility index (Phi) is 9.37. The third kappa shape index (κ3) is 6.33. The number of nitro groups is 1. The number of nitrogens with one attached hydrogen (secondary N) is 3. The molecule has 2 heterocycles. The molecular weight excluding hydrogens is 521 g/mol. The summed E-state index contributed by atoms with van der Waals surface area (Å²) in [5.74, 6) is 1.49. The van der Waals surface area contributed by atoms with Crippen molar-refractivity contribution in [2.75, 3.05) is 43.4 Å². The summed E-state index contributed by atoms with van der Waals surface area (Å²) in [4.78, 5) is 21.4. The van der Waals surface area contributed by atoms with Crippen LogP contribution in [-0.2, 0) is 0 Å². The first-order chi connectivity index (χ1) is 14.1. The first-order valence-electron chi connectivity index (χ1n) is 9.38. The van der Waals surface area contributed by atoms with Crippen LogP contribution in [0.5, 0.6) is 0 Å². The van der Waals surface area contributed by atoms with E-state index in [1.165, 1.54) is 6.07 Å². The predicted octanol–water partition coefficient (Wildman–Crippen LogP) is 3.12. The van der Waals surface area contributed by atoms with E-state index in [0.29, 0.717) is 29.8 Å². The fourth-order valence-electron chi connectivity index (χ4n) is 3.23. The molecule has 1 aromatic carbocycles. The first kappa shape index (κ1) is 23.9. The molecule has 1 aliphatic heterocycles. The first-order valence-corrected chi connectivity index (χ1v) is 9.76. The number of para-hydroxylation sites is 2. The fourth-order valence-corrected chi connectivity index (χ4v) is 3.47. The number of aromatic nitrogens is 1. The van der Waals surface area contributed by atoms with Crippen molar-refractivity contribution in [3.05, 3.63) is 57.7 Å². The molecule has 30 heavy (non-hydrogen) atoms. The zero-order chi connectivity index (χ0) is 20.6. The summed E-state index contributed by atoms with van der Waals surface area (Å²) < 4.78 is 0. The minimum Gasteiger partial charge on any atom is -0.378 e. The molecule has 0 spiro atoms. The van der Waals surface area contributed by atoms with Gasteiger partial charge in [0.2, 0.25) is 0 Å². The summed E-state index contributed by atoms with van der Waals surface area (Å²) in [6, 6.07) is 10.5. The van der Waals surface area contributed by atoms with Gasteiger partial charge < -0.3 is 20.9 Å². The Hall–Kier alpha value is -2.34. The van der Waals surface area contributed by atoms with E-state index in [9.17, 15) is 10.1 Å². The fraction of sp³-hybridized carbons (Fsp3) is 0.368. The van der Waals surface area contributed by atoms with E-state index in [4.69, 9.17) is 11.6 Å². The van der Waals surface area contributed by atoms with Crippen LogP contribution in [0.2, 0.25) is 5.02 Å². The molecule has 1 aliphatic rings. The van der Waals surface area contributed by atoms with E-state index in [0.717, 1.165) is 25.3 Å². The number of nitrogens with zero attached hydrogens (tertiary/aromatic N) is 4. The van der Waals surface area contributed by atoms with Gasteiger partial charge in [0.25, 0.3) is 5.69 Å². The molecule has 1 saturated heterocycles. The van der Waals surface area contributed by atoms with Crippen LogP contribution in [0.4, 0.5) is 17.2 Å². The Morgan fingerprint density at radius 3 is 2.87 bits per heavy atom. The van der Waals surface area contributed by atoms with E-state index in [2.05, 4.69) is 30.8 Å². The number of hydrogen-bond acceptors (Lipinski definition) is 6. The van der Waals surface area contributed by atoms with Crippen LogP contribution >= 0.6 is 35.6 Å². The molecule has 0 saturated carbocycles. The van der Waals surface area contributed by atoms with Gasteiger partial charge in [-0.1, -0.05) is 23.7 Å². The zero-order valence-corrected chi connectivity index (χ0v) is 19.6. The topological polar surface area (TPSA) is 108 Å². The summed E-state index contributed by atoms with van der Waals surface area (Å²) in [5.41, 5.74) is 0.565. The lowest BCUT2D eigenvalue weighted by Crippen LogP contribution is -2.45. The third-order valence-electron chi connectivity index (χ3n) is 4.62. The molecule has 0 bridgehead atoms. The summed E-state index contributed by atoms with van der Waals surface area (Å²) in [6.45, 7) is 2.73. The average molecular weight is 546 g/mol. The standard InChI is InChI=1S/C19H24ClN7O2.HI/c1-21-19(24-11-10-22-16-6-2-3-7-17(16)27(28)29)25-14-8-12-26(13-14)18-15(20)5-4-9-23-18;/h2-7,9,14,22H,8,10-13H2,1H3,(H2,21,24,25);1H. The molecule has 0 radical (unpaired) electrons. The highest BCUT2D eigenvalue weighted by atomic mass is 127. The third-order valence-corrected chi connectivity index (χ3v) is 4.92. The van der Waals surface area contributed by atoms with Crippen LogP contribution in [0.3, 0.4) is 0 Å². The second-order valence-corrected chi connectivity index (χ2v) is 6.99. The second kappa shape index (κ2) is 11.7. The van der Waals surface area contributed by atoms with Crippen molar-refractivity contribution >= 4 is 58.7 Å². The van der Waals surface area contributed by atoms with Crippen molar-refractivity contribution < 1.29 is 4.92 Å². The Balaban J connectivity index is 0.00000320. The SMILES string of the molecule is CN=C(NCCNc1ccccc1[N+](=O)[O-])NC1CCN(c2ncccc2Cl)C1.I. The maximum atomic E-state index is 11.1. The van der Waals surface area contributed by atoms with Crippen LogP contribution in [0.15, 0.2) is 47.6 Å². The number of guanidine groups is 1. The lowest BCUT2D eigenvalue weighted by molar-refractivity contribution is -0.384. The van der Waals surface area contributed by atoms with E-state index in [-0.39, 0.29) is 35.7 Å². The van der Waals surface area contributed by atoms with Gasteiger partial charge in [-0.2, -0.15) is 0 Å². The molecule has 2 aromatic rings. The molecule has 1 fully saturated rings. The lowest BCUT2D eigenvalue weighted by atomic mass is 10.2. The number of anilines is 2. The molecule has 0 aliphatic carbocycles. The molecule has 1 unspecified atom stereocenters. The van der Waals surface area contributed by atoms with Gasteiger partial charge in [0.15, 0.2) is 5.96 Å². The maximum Gasteiger partial charge on any atom is 0.292 e. The summed E-state index contributed by atoms with van der Waals surface area (Å²) in [7, 11) is 1.72. The van der Waals surface area contributed by atoms with Gasteiger partial charge in [0.1, 0.15) is 11.5 Å². The Morgan fingerprint density at radius 2 is 2.13 bits per heavy atom. The van der Waals surface area contributed by atoms with Crippen molar-refractivity contribution in [2.45, 2.75) is 12.5 Å². The van der Waals surface area contributed by atoms with Gasteiger partial charge in [-0.05, 0) is 24.6 Å². The zero-order valence-electron chi connectivity index (χ0n) is 16.5. The van der Waals surface area contributed by atoms with Crippen molar-refractivity contribution in [1.82, 2.24) is 15.6 Å². The number of rotatable bonds is 7. The molecule has 11 heteroatoms. The van der Waals surface area contributed by atoms with Crippen LogP contribution in [0, 0.1) is 10.1 Å². The highest BCUT2D eigenvalue weighted by molar-refractivity contribution is 14.0. The summed E-state index contributed by atoms with van der Waals surface area (Å²) >= 11 is 6.24. The Bertz CT molecular complexity index is 883. The van der Waals surface area contributed by atoms with Crippen LogP contribution in [0.1, 0.15) is 6.42 Å². The predicted molar refractivity (Wildman–Crippen MR) is 131 cm³/mol. The summed E-state index contributed by atoms with van der Waals surface area (Å²) in [6.07, 6.45) is 2.69. The molecule has 0 amide bonds. The monoisotopic (exact) mass is 545 g/mol. The van der Waals surface area contributed by atoms with Gasteiger partial charge >= 0.3 is 0 Å². The highest BCUT2D eigenvalue weighted by Crippen LogP contribution is 2.25. The highest BCUT2D eigenvalue weighted by Gasteiger charge is 2.25. The number of benzene rings is 1. The quantitative estimate of drug-likeness (QED) is 0.123. The number of aliphatic imine (C=N–C) groups is 1. The minimum atomic E-state index is -0.393. The Morgan fingerprint density at radius 1 is 1.33 bits per heavy atom. The van der Waals surface area contributed by atoms with Crippen molar-refractivity contribution in [1.29, 1.82) is 0 Å². The maximum absolute atomic E-state index is 11.1. The van der Waals surface area contributed by atoms with Crippen LogP contribution in [-0.4, -0.2) is 55.1 Å². The van der Waals surface area contributed by atoms with E-state index < -0.39 is 4.92 Å². The molecule has 3 N–H and O–H groups in total. The van der Waals surface area contributed by atoms with E-state index in [1.807, 2.05) is 12.1 Å². The van der Waals surface area contributed by atoms with E-state index >= 15 is 0 Å². The van der Waals surface area contributed by atoms with Crippen molar-refractivity contribution in [3.8, 4) is 0 Å². The second-order valence-electron chi connectivity index (χ2n) is 6.58. The van der Waals surface area contributed by atoms with E-state index in [1.54, 1.807) is 31.4 Å². The smallest absolute Gasteiger partial charge is 0.292 e. The van der Waals surface area contributed by atoms with Crippen molar-refractivity contribution in [2.24, 2.45) is 4.99 Å². The number of nitro benzene ring substituents is 1. The minimum absolute atomic E-state index is 0. The largest absolute Gasteiger partial charge is 0.378 e. The Labute approximate surface area is 197 Å². The number of pyridine rings is 1. The number of halogens is 2. The average Bonchev–Trinajstić information content (AvgIpc) is 3.19. The molecule has 3 rings (SSSR count). The molecular formula is C19H25ClIN7O2. The van der Waals surface area contributed by atoms with Gasteiger partial charge in [-0.25, -0.2) is 4.98 Å². The molecule has 9 nitrogen and oxygen atoms in total. The van der Waals surface area contributed by atoms with Gasteiger partial charge in [0, 0.05) is 51.5 Å². The summed E-state index contributed by atoms with van der Waals surface area (Å²) in [5, 5.41) is 21.4. The van der Waals surface area contributed by atoms with Gasteiger partial charge in [0.05, 0.1) is 9.95 Å². The van der Waals surface area contributed by atoms with Gasteiger partial charge in [-0.15, -0.1) is 24.0 Å². The van der Waals surface area contributed by atoms with Crippen LogP contribution < -0.4 is 20.9 Å². The molecule has 1 atom stereocenters. The van der Waals surface area contributed by atoms with Crippen LogP contribution in [0.25, 0.3) is 0 Å². The normalized spacial score (nSPS) is 16.0. The van der Waals surface area contributed by atoms with Gasteiger partial charge in [-0.3, -0.25) is 15.1 Å². The van der Waals surface area contributed by atoms with Crippen molar-refractivity contribution in [3.63, 3.8) is 0 Å². The number of hydrogen-bond donors (Lipinski definition) is 3.